The Kier molecular flexibility index (Phi) is 6.81. The first-order chi connectivity index (χ1) is 11.6. The van der Waals surface area contributed by atoms with Crippen LogP contribution in [0.5, 0.6) is 0 Å². The van der Waals surface area contributed by atoms with E-state index >= 15 is 0 Å². The van der Waals surface area contributed by atoms with E-state index in [1.165, 1.54) is 23.9 Å². The number of nitro groups is 1. The van der Waals surface area contributed by atoms with Gasteiger partial charge in [0.05, 0.1) is 16.7 Å². The topological polar surface area (TPSA) is 72.2 Å². The number of carbonyl (C=O) groups is 1. The fraction of sp³-hybridized carbons (Fsp3) is 0.278. The number of nitro benzene ring substituents is 1. The standard InChI is InChI=1S/C18H20N2O3S/c1-2-6-17(14-7-4-3-5-8-14)19-18(21)13-24-16-11-9-15(10-12-16)20(22)23/h3-5,7-12,17H,2,6,13H2,1H3,(H,19,21). The van der Waals surface area contributed by atoms with Crippen molar-refractivity contribution in [2.75, 3.05) is 5.75 Å². The fourth-order valence-electron chi connectivity index (χ4n) is 2.35. The molecule has 5 nitrogen and oxygen atoms in total. The number of thioether (sulfide) groups is 1. The molecule has 0 heterocycles. The highest BCUT2D eigenvalue weighted by atomic mass is 32.2. The molecule has 2 aromatic carbocycles. The van der Waals surface area contributed by atoms with Gasteiger partial charge < -0.3 is 5.32 Å². The van der Waals surface area contributed by atoms with Crippen molar-refractivity contribution in [2.24, 2.45) is 0 Å². The minimum atomic E-state index is -0.434. The van der Waals surface area contributed by atoms with E-state index in [1.807, 2.05) is 30.3 Å². The van der Waals surface area contributed by atoms with Crippen molar-refractivity contribution < 1.29 is 9.72 Å². The molecule has 24 heavy (non-hydrogen) atoms. The number of hydrogen-bond acceptors (Lipinski definition) is 4. The number of nitrogens with one attached hydrogen (secondary N) is 1. The van der Waals surface area contributed by atoms with Gasteiger partial charge in [0, 0.05) is 17.0 Å². The molecule has 1 atom stereocenters. The Balaban J connectivity index is 1.90. The van der Waals surface area contributed by atoms with E-state index in [0.29, 0.717) is 0 Å². The molecular formula is C18H20N2O3S. The molecule has 0 saturated carbocycles. The normalized spacial score (nSPS) is 11.7. The van der Waals surface area contributed by atoms with Gasteiger partial charge in [0.1, 0.15) is 0 Å². The summed E-state index contributed by atoms with van der Waals surface area (Å²) in [7, 11) is 0. The highest BCUT2D eigenvalue weighted by Gasteiger charge is 2.14. The largest absolute Gasteiger partial charge is 0.349 e. The summed E-state index contributed by atoms with van der Waals surface area (Å²) in [5.74, 6) is 0.242. The lowest BCUT2D eigenvalue weighted by Crippen LogP contribution is -2.29. The van der Waals surface area contributed by atoms with Gasteiger partial charge in [-0.15, -0.1) is 11.8 Å². The van der Waals surface area contributed by atoms with Gasteiger partial charge in [-0.1, -0.05) is 43.7 Å². The van der Waals surface area contributed by atoms with Crippen molar-refractivity contribution in [1.82, 2.24) is 5.32 Å². The summed E-state index contributed by atoms with van der Waals surface area (Å²) in [6.07, 6.45) is 1.87. The second kappa shape index (κ2) is 9.08. The zero-order chi connectivity index (χ0) is 17.4. The first-order valence-corrected chi connectivity index (χ1v) is 8.80. The molecule has 6 heteroatoms. The van der Waals surface area contributed by atoms with Crippen molar-refractivity contribution in [3.8, 4) is 0 Å². The van der Waals surface area contributed by atoms with Crippen LogP contribution >= 0.6 is 11.8 Å². The minimum Gasteiger partial charge on any atom is -0.349 e. The van der Waals surface area contributed by atoms with Gasteiger partial charge in [0.2, 0.25) is 5.91 Å². The molecule has 0 bridgehead atoms. The summed E-state index contributed by atoms with van der Waals surface area (Å²) in [5.41, 5.74) is 1.16. The van der Waals surface area contributed by atoms with Crippen molar-refractivity contribution in [2.45, 2.75) is 30.7 Å². The van der Waals surface area contributed by atoms with Gasteiger partial charge in [0.15, 0.2) is 0 Å². The summed E-state index contributed by atoms with van der Waals surface area (Å²) in [6.45, 7) is 2.09. The second-order valence-electron chi connectivity index (χ2n) is 5.36. The molecule has 1 amide bonds. The molecule has 1 unspecified atom stereocenters. The number of benzene rings is 2. The maximum atomic E-state index is 12.2. The number of amides is 1. The summed E-state index contributed by atoms with van der Waals surface area (Å²) < 4.78 is 0. The third-order valence-electron chi connectivity index (χ3n) is 3.53. The summed E-state index contributed by atoms with van der Waals surface area (Å²) in [5, 5.41) is 13.7. The predicted octanol–water partition coefficient (Wildman–Crippen LogP) is 4.34. The van der Waals surface area contributed by atoms with Crippen molar-refractivity contribution in [3.63, 3.8) is 0 Å². The number of nitrogens with zero attached hydrogens (tertiary/aromatic N) is 1. The quantitative estimate of drug-likeness (QED) is 0.439. The molecule has 0 fully saturated rings. The van der Waals surface area contributed by atoms with Crippen LogP contribution < -0.4 is 5.32 Å². The Labute approximate surface area is 145 Å². The smallest absolute Gasteiger partial charge is 0.269 e. The maximum absolute atomic E-state index is 12.2. The molecular weight excluding hydrogens is 324 g/mol. The average molecular weight is 344 g/mol. The van der Waals surface area contributed by atoms with Crippen molar-refractivity contribution >= 4 is 23.4 Å². The summed E-state index contributed by atoms with van der Waals surface area (Å²) >= 11 is 1.37. The molecule has 0 aliphatic heterocycles. The molecule has 126 valence electrons. The van der Waals surface area contributed by atoms with Crippen LogP contribution in [0.3, 0.4) is 0 Å². The van der Waals surface area contributed by atoms with Gasteiger partial charge >= 0.3 is 0 Å². The number of carbonyl (C=O) groups excluding carboxylic acids is 1. The van der Waals surface area contributed by atoms with Crippen molar-refractivity contribution in [3.05, 3.63) is 70.3 Å². The van der Waals surface area contributed by atoms with E-state index < -0.39 is 4.92 Å². The zero-order valence-corrected chi connectivity index (χ0v) is 14.3. The Morgan fingerprint density at radius 3 is 2.42 bits per heavy atom. The van der Waals surface area contributed by atoms with Crippen LogP contribution in [-0.4, -0.2) is 16.6 Å². The van der Waals surface area contributed by atoms with Crippen LogP contribution in [-0.2, 0) is 4.79 Å². The van der Waals surface area contributed by atoms with Gasteiger partial charge in [-0.05, 0) is 24.1 Å². The minimum absolute atomic E-state index is 0.0150. The SMILES string of the molecule is CCCC(NC(=O)CSc1ccc([N+](=O)[O-])cc1)c1ccccc1. The first kappa shape index (κ1) is 18.0. The third kappa shape index (κ3) is 5.38. The van der Waals surface area contributed by atoms with E-state index in [-0.39, 0.29) is 23.4 Å². The van der Waals surface area contributed by atoms with Gasteiger partial charge in [-0.3, -0.25) is 14.9 Å². The first-order valence-electron chi connectivity index (χ1n) is 7.81. The number of hydrogen-bond donors (Lipinski definition) is 1. The van der Waals surface area contributed by atoms with Crippen LogP contribution in [0.4, 0.5) is 5.69 Å². The molecule has 0 aromatic heterocycles. The molecule has 0 aliphatic rings. The summed E-state index contributed by atoms with van der Waals surface area (Å²) in [4.78, 5) is 23.2. The Morgan fingerprint density at radius 1 is 1.17 bits per heavy atom. The van der Waals surface area contributed by atoms with E-state index in [0.717, 1.165) is 23.3 Å². The van der Waals surface area contributed by atoms with Crippen LogP contribution in [0.15, 0.2) is 59.5 Å². The van der Waals surface area contributed by atoms with Gasteiger partial charge in [-0.2, -0.15) is 0 Å². The second-order valence-corrected chi connectivity index (χ2v) is 6.41. The molecule has 0 spiro atoms. The highest BCUT2D eigenvalue weighted by Crippen LogP contribution is 2.22. The van der Waals surface area contributed by atoms with Crippen LogP contribution in [0, 0.1) is 10.1 Å². The lowest BCUT2D eigenvalue weighted by molar-refractivity contribution is -0.384. The van der Waals surface area contributed by atoms with E-state index in [9.17, 15) is 14.9 Å². The van der Waals surface area contributed by atoms with Crippen LogP contribution in [0.1, 0.15) is 31.4 Å². The Bertz CT molecular complexity index is 674. The number of non-ortho nitro benzene ring substituents is 1. The Morgan fingerprint density at radius 2 is 1.83 bits per heavy atom. The fourth-order valence-corrected chi connectivity index (χ4v) is 3.05. The molecule has 2 rings (SSSR count). The molecule has 0 radical (unpaired) electrons. The van der Waals surface area contributed by atoms with Gasteiger partial charge in [-0.25, -0.2) is 0 Å². The zero-order valence-electron chi connectivity index (χ0n) is 13.5. The molecule has 1 N–H and O–H groups in total. The summed E-state index contributed by atoms with van der Waals surface area (Å²) in [6, 6.07) is 16.2. The van der Waals surface area contributed by atoms with Crippen LogP contribution in [0.2, 0.25) is 0 Å². The van der Waals surface area contributed by atoms with Crippen LogP contribution in [0.25, 0.3) is 0 Å². The van der Waals surface area contributed by atoms with E-state index in [4.69, 9.17) is 0 Å². The lowest BCUT2D eigenvalue weighted by Gasteiger charge is -2.18. The average Bonchev–Trinajstić information content (AvgIpc) is 2.60. The third-order valence-corrected chi connectivity index (χ3v) is 4.54. The van der Waals surface area contributed by atoms with E-state index in [2.05, 4.69) is 12.2 Å². The maximum Gasteiger partial charge on any atom is 0.269 e. The van der Waals surface area contributed by atoms with Gasteiger partial charge in [0.25, 0.3) is 5.69 Å². The Hall–Kier alpha value is -2.34. The van der Waals surface area contributed by atoms with Crippen molar-refractivity contribution in [1.29, 1.82) is 0 Å². The predicted molar refractivity (Wildman–Crippen MR) is 96.1 cm³/mol. The van der Waals surface area contributed by atoms with E-state index in [1.54, 1.807) is 12.1 Å². The molecule has 0 saturated heterocycles. The molecule has 2 aromatic rings. The highest BCUT2D eigenvalue weighted by molar-refractivity contribution is 8.00. The monoisotopic (exact) mass is 344 g/mol. The molecule has 0 aliphatic carbocycles. The number of rotatable bonds is 8. The lowest BCUT2D eigenvalue weighted by atomic mass is 10.0.